The summed E-state index contributed by atoms with van der Waals surface area (Å²) in [6.07, 6.45) is 3.28. The van der Waals surface area contributed by atoms with Crippen molar-refractivity contribution in [3.63, 3.8) is 0 Å². The van der Waals surface area contributed by atoms with Crippen molar-refractivity contribution in [3.05, 3.63) is 63.9 Å². The highest BCUT2D eigenvalue weighted by Gasteiger charge is 2.39. The van der Waals surface area contributed by atoms with Gasteiger partial charge in [-0.2, -0.15) is 0 Å². The summed E-state index contributed by atoms with van der Waals surface area (Å²) in [6, 6.07) is 10.9. The van der Waals surface area contributed by atoms with Gasteiger partial charge in [-0.05, 0) is 80.7 Å². The number of amides is 4. The molecule has 0 spiro atoms. The molecule has 3 saturated heterocycles. The monoisotopic (exact) mass is 773 g/mol. The van der Waals surface area contributed by atoms with Crippen molar-refractivity contribution in [1.29, 1.82) is 0 Å². The van der Waals surface area contributed by atoms with Crippen molar-refractivity contribution < 1.29 is 23.9 Å². The number of nitrogens with zero attached hydrogens (tertiary/aromatic N) is 6. The molecular formula is C40H52ClN9O5. The van der Waals surface area contributed by atoms with Crippen LogP contribution >= 0.6 is 11.6 Å². The number of ether oxygens (including phenoxy) is 1. The van der Waals surface area contributed by atoms with Crippen molar-refractivity contribution in [2.75, 3.05) is 89.8 Å². The summed E-state index contributed by atoms with van der Waals surface area (Å²) in [5.74, 6) is 1.45. The molecule has 5 heterocycles. The minimum absolute atomic E-state index is 0.0117. The van der Waals surface area contributed by atoms with E-state index in [4.69, 9.17) is 21.3 Å². The molecule has 3 fully saturated rings. The molecule has 15 heteroatoms. The minimum atomic E-state index is -0.601. The number of hydrogen-bond acceptors (Lipinski definition) is 11. The van der Waals surface area contributed by atoms with Gasteiger partial charge in [0.25, 0.3) is 11.8 Å². The number of halogens is 1. The zero-order chi connectivity index (χ0) is 38.6. The predicted octanol–water partition coefficient (Wildman–Crippen LogP) is 3.29. The van der Waals surface area contributed by atoms with Crippen molar-refractivity contribution >= 4 is 52.4 Å². The molecular weight excluding hydrogens is 722 g/mol. The fourth-order valence-corrected chi connectivity index (χ4v) is 8.59. The van der Waals surface area contributed by atoms with E-state index < -0.39 is 6.04 Å². The number of fused-ring (bicyclic) bond motifs is 1. The van der Waals surface area contributed by atoms with Gasteiger partial charge >= 0.3 is 0 Å². The molecule has 0 bridgehead atoms. The van der Waals surface area contributed by atoms with E-state index in [1.54, 1.807) is 12.0 Å². The second-order valence-corrected chi connectivity index (χ2v) is 15.4. The Balaban J connectivity index is 0.836. The van der Waals surface area contributed by atoms with E-state index in [9.17, 15) is 19.2 Å². The maximum Gasteiger partial charge on any atom is 0.255 e. The van der Waals surface area contributed by atoms with Gasteiger partial charge in [-0.15, -0.1) is 0 Å². The molecule has 2 aromatic rings. The molecule has 5 aliphatic rings. The number of anilines is 2. The van der Waals surface area contributed by atoms with Crippen molar-refractivity contribution in [2.45, 2.75) is 51.6 Å². The fraction of sp³-hybridized carbons (Fsp3) is 0.525. The lowest BCUT2D eigenvalue weighted by molar-refractivity contribution is -0.136. The number of imide groups is 1. The van der Waals surface area contributed by atoms with E-state index in [0.717, 1.165) is 93.0 Å². The van der Waals surface area contributed by atoms with Crippen LogP contribution in [-0.4, -0.2) is 135 Å². The SMILES string of the molecule is CCC1CC(Cl)=C(NC)N=C1Nc1ccc(C(=O)N2CCN(CCCN3CCN(c4ccc5c(c4)CN(C4CCC(=O)NC4=O)C5=O)CC3)CC2)cc1OC. The molecule has 7 rings (SSSR count). The van der Waals surface area contributed by atoms with Crippen LogP contribution in [0.25, 0.3) is 0 Å². The van der Waals surface area contributed by atoms with E-state index >= 15 is 0 Å². The summed E-state index contributed by atoms with van der Waals surface area (Å²) < 4.78 is 5.71. The Kier molecular flexibility index (Phi) is 11.9. The first kappa shape index (κ1) is 38.6. The summed E-state index contributed by atoms with van der Waals surface area (Å²) in [5.41, 5.74) is 4.04. The maximum atomic E-state index is 13.5. The number of carbonyl (C=O) groups is 4. The highest BCUT2D eigenvalue weighted by molar-refractivity contribution is 6.30. The van der Waals surface area contributed by atoms with Gasteiger partial charge in [0.2, 0.25) is 11.8 Å². The second kappa shape index (κ2) is 17.0. The zero-order valence-corrected chi connectivity index (χ0v) is 32.8. The van der Waals surface area contributed by atoms with E-state index in [1.165, 1.54) is 0 Å². The first-order valence-electron chi connectivity index (χ1n) is 19.5. The number of allylic oxidation sites excluding steroid dienone is 1. The topological polar surface area (TPSA) is 142 Å². The lowest BCUT2D eigenvalue weighted by Gasteiger charge is -2.37. The van der Waals surface area contributed by atoms with Crippen LogP contribution in [0.1, 0.15) is 65.3 Å². The standard InChI is InChI=1S/C40H52ClN9O5/c1-4-26-23-31(41)37(42-2)45-36(26)43-32-9-6-27(24-34(32)55-3)39(53)49-20-16-47(17-21-49)13-5-12-46-14-18-48(19-15-46)29-7-8-30-28(22-29)25-50(40(30)54)33-10-11-35(51)44-38(33)52/h6-9,22,24,26,33,42H,4-5,10-21,23,25H2,1-3H3,(H,43,45)(H,44,51,52). The zero-order valence-electron chi connectivity index (χ0n) is 32.0. The molecule has 2 unspecified atom stereocenters. The molecule has 4 amide bonds. The van der Waals surface area contributed by atoms with Crippen LogP contribution in [0.5, 0.6) is 5.75 Å². The number of carbonyl (C=O) groups excluding carboxylic acids is 4. The van der Waals surface area contributed by atoms with Crippen LogP contribution in [0.4, 0.5) is 11.4 Å². The summed E-state index contributed by atoms with van der Waals surface area (Å²) >= 11 is 6.43. The molecule has 55 heavy (non-hydrogen) atoms. The molecule has 0 aromatic heterocycles. The van der Waals surface area contributed by atoms with Crippen molar-refractivity contribution in [1.82, 2.24) is 30.2 Å². The molecule has 294 valence electrons. The van der Waals surface area contributed by atoms with Gasteiger partial charge in [-0.3, -0.25) is 34.3 Å². The lowest BCUT2D eigenvalue weighted by Crippen LogP contribution is -2.52. The molecule has 0 saturated carbocycles. The predicted molar refractivity (Wildman–Crippen MR) is 212 cm³/mol. The number of hydrogen-bond donors (Lipinski definition) is 3. The third-order valence-corrected chi connectivity index (χ3v) is 11.9. The Morgan fingerprint density at radius 2 is 1.71 bits per heavy atom. The molecule has 0 radical (unpaired) electrons. The summed E-state index contributed by atoms with van der Waals surface area (Å²) in [4.78, 5) is 66.2. The Morgan fingerprint density at radius 1 is 0.982 bits per heavy atom. The van der Waals surface area contributed by atoms with Gasteiger partial charge in [0.15, 0.2) is 0 Å². The van der Waals surface area contributed by atoms with E-state index in [0.29, 0.717) is 55.2 Å². The molecule has 3 N–H and O–H groups in total. The summed E-state index contributed by atoms with van der Waals surface area (Å²) in [6.45, 7) is 11.3. The highest BCUT2D eigenvalue weighted by Crippen LogP contribution is 2.33. The quantitative estimate of drug-likeness (QED) is 0.292. The van der Waals surface area contributed by atoms with Crippen molar-refractivity contribution in [2.24, 2.45) is 10.9 Å². The Labute approximate surface area is 327 Å². The van der Waals surface area contributed by atoms with Gasteiger partial charge in [0, 0.05) is 95.1 Å². The Morgan fingerprint density at radius 3 is 2.38 bits per heavy atom. The second-order valence-electron chi connectivity index (χ2n) is 14.9. The van der Waals surface area contributed by atoms with E-state index in [1.807, 2.05) is 42.3 Å². The lowest BCUT2D eigenvalue weighted by atomic mass is 9.98. The number of nitrogens with one attached hydrogen (secondary N) is 3. The van der Waals surface area contributed by atoms with Crippen molar-refractivity contribution in [3.8, 4) is 5.75 Å². The van der Waals surface area contributed by atoms with Crippen LogP contribution in [-0.2, 0) is 16.1 Å². The molecule has 14 nitrogen and oxygen atoms in total. The van der Waals surface area contributed by atoms with Crippen LogP contribution in [0.2, 0.25) is 0 Å². The third kappa shape index (κ3) is 8.46. The normalized spacial score (nSPS) is 22.4. The summed E-state index contributed by atoms with van der Waals surface area (Å²) in [7, 11) is 3.42. The number of benzene rings is 2. The van der Waals surface area contributed by atoms with Gasteiger partial charge in [0.1, 0.15) is 23.4 Å². The Hall–Kier alpha value is -4.66. The van der Waals surface area contributed by atoms with Gasteiger partial charge in [0.05, 0.1) is 17.8 Å². The van der Waals surface area contributed by atoms with Crippen LogP contribution in [0.3, 0.4) is 0 Å². The number of amidine groups is 1. The number of piperazine rings is 2. The van der Waals surface area contributed by atoms with E-state index in [-0.39, 0.29) is 36.0 Å². The van der Waals surface area contributed by atoms with Gasteiger partial charge in [-0.1, -0.05) is 18.5 Å². The smallest absolute Gasteiger partial charge is 0.255 e. The van der Waals surface area contributed by atoms with E-state index in [2.05, 4.69) is 43.6 Å². The fourth-order valence-electron chi connectivity index (χ4n) is 8.27. The minimum Gasteiger partial charge on any atom is -0.495 e. The summed E-state index contributed by atoms with van der Waals surface area (Å²) in [5, 5.41) is 9.60. The number of rotatable bonds is 11. The van der Waals surface area contributed by atoms with Crippen LogP contribution < -0.4 is 25.6 Å². The third-order valence-electron chi connectivity index (χ3n) is 11.6. The average molecular weight is 774 g/mol. The molecule has 2 aromatic carbocycles. The number of methoxy groups -OCH3 is 1. The first-order valence-corrected chi connectivity index (χ1v) is 19.9. The first-order chi connectivity index (χ1) is 26.6. The average Bonchev–Trinajstić information content (AvgIpc) is 3.53. The largest absolute Gasteiger partial charge is 0.495 e. The Bertz CT molecular complexity index is 1870. The highest BCUT2D eigenvalue weighted by atomic mass is 35.5. The van der Waals surface area contributed by atoms with Gasteiger partial charge in [-0.25, -0.2) is 4.99 Å². The maximum absolute atomic E-state index is 13.5. The molecule has 2 atom stereocenters. The molecule has 0 aliphatic carbocycles. The number of piperidine rings is 1. The molecule has 5 aliphatic heterocycles. The van der Waals surface area contributed by atoms with Crippen LogP contribution in [0, 0.1) is 5.92 Å². The van der Waals surface area contributed by atoms with Crippen LogP contribution in [0.15, 0.2) is 52.2 Å². The number of aliphatic imine (C=N–C) groups is 1. The van der Waals surface area contributed by atoms with Gasteiger partial charge < -0.3 is 30.1 Å².